The Bertz CT molecular complexity index is 729. The molecule has 0 heterocycles. The molecule has 0 radical (unpaired) electrons. The highest BCUT2D eigenvalue weighted by atomic mass is 32.3. The Labute approximate surface area is 120 Å². The van der Waals surface area contributed by atoms with E-state index in [0.29, 0.717) is 0 Å². The van der Waals surface area contributed by atoms with Crippen molar-refractivity contribution in [1.29, 1.82) is 0 Å². The van der Waals surface area contributed by atoms with Gasteiger partial charge in [0.05, 0.1) is 15.4 Å². The van der Waals surface area contributed by atoms with Crippen LogP contribution in [0.25, 0.3) is 0 Å². The molecule has 6 nitrogen and oxygen atoms in total. The van der Waals surface area contributed by atoms with Gasteiger partial charge in [0.15, 0.2) is 6.10 Å². The van der Waals surface area contributed by atoms with Crippen molar-refractivity contribution in [3.8, 4) is 0 Å². The minimum atomic E-state index is -4.87. The first-order valence-corrected chi connectivity index (χ1v) is 9.13. The van der Waals surface area contributed by atoms with Crippen LogP contribution in [0.1, 0.15) is 11.7 Å². The largest absolute Gasteiger partial charge is 0.418 e. The molecule has 0 bridgehead atoms. The minimum absolute atomic E-state index is 0.233. The third-order valence-corrected chi connectivity index (χ3v) is 4.75. The van der Waals surface area contributed by atoms with Gasteiger partial charge >= 0.3 is 16.4 Å². The van der Waals surface area contributed by atoms with Crippen molar-refractivity contribution in [2.45, 2.75) is 12.3 Å². The van der Waals surface area contributed by atoms with Crippen LogP contribution in [0, 0.1) is 0 Å². The molecular weight excluding hydrogens is 333 g/mol. The number of benzene rings is 1. The molecule has 11 heteroatoms. The van der Waals surface area contributed by atoms with Gasteiger partial charge in [0.25, 0.3) is 0 Å². The summed E-state index contributed by atoms with van der Waals surface area (Å²) < 4.78 is 76.5. The van der Waals surface area contributed by atoms with Crippen molar-refractivity contribution in [2.75, 3.05) is 17.2 Å². The van der Waals surface area contributed by atoms with E-state index in [0.717, 1.165) is 30.7 Å². The lowest BCUT2D eigenvalue weighted by atomic mass is 10.1. The standard InChI is InChI=1S/C10H13F3N2O4S2/c1-20(2,17)15-21(18,19)14-8-5-3-4-7(6-8)9(16)10(11,12)13/h3-6,9,14,16H,1-2H3. The zero-order chi connectivity index (χ0) is 16.5. The molecule has 0 spiro atoms. The zero-order valence-corrected chi connectivity index (χ0v) is 12.6. The number of nitrogens with one attached hydrogen (secondary N) is 1. The van der Waals surface area contributed by atoms with Gasteiger partial charge in [0.1, 0.15) is 0 Å². The molecular formula is C10H13F3N2O4S2. The van der Waals surface area contributed by atoms with Gasteiger partial charge < -0.3 is 5.11 Å². The van der Waals surface area contributed by atoms with E-state index in [4.69, 9.17) is 5.11 Å². The summed E-state index contributed by atoms with van der Waals surface area (Å²) in [5.74, 6) is 0. The van der Waals surface area contributed by atoms with Gasteiger partial charge in [-0.05, 0) is 17.7 Å². The number of hydrogen-bond acceptors (Lipinski definition) is 4. The predicted octanol–water partition coefficient (Wildman–Crippen LogP) is 1.67. The molecule has 0 saturated carbocycles. The highest BCUT2D eigenvalue weighted by molar-refractivity contribution is 8.03. The van der Waals surface area contributed by atoms with Crippen LogP contribution in [0.5, 0.6) is 0 Å². The Kier molecular flexibility index (Phi) is 4.90. The molecule has 2 N–H and O–H groups in total. The zero-order valence-electron chi connectivity index (χ0n) is 11.0. The summed E-state index contributed by atoms with van der Waals surface area (Å²) in [7, 11) is -7.29. The highest BCUT2D eigenvalue weighted by Gasteiger charge is 2.39. The number of aliphatic hydroxyl groups excluding tert-OH is 1. The number of rotatable bonds is 4. The lowest BCUT2D eigenvalue weighted by Crippen LogP contribution is -2.20. The van der Waals surface area contributed by atoms with Crippen LogP contribution in [0.15, 0.2) is 28.0 Å². The smallest absolute Gasteiger partial charge is 0.379 e. The Morgan fingerprint density at radius 1 is 1.24 bits per heavy atom. The summed E-state index contributed by atoms with van der Waals surface area (Å²) in [6.45, 7) is 0. The summed E-state index contributed by atoms with van der Waals surface area (Å²) in [6, 6.07) is 4.12. The van der Waals surface area contributed by atoms with Crippen molar-refractivity contribution < 1.29 is 30.9 Å². The van der Waals surface area contributed by atoms with Crippen LogP contribution in [-0.4, -0.2) is 36.4 Å². The summed E-state index contributed by atoms with van der Waals surface area (Å²) in [4.78, 5) is 0. The Morgan fingerprint density at radius 2 is 1.81 bits per heavy atom. The van der Waals surface area contributed by atoms with E-state index >= 15 is 0 Å². The third kappa shape index (κ3) is 5.89. The second kappa shape index (κ2) is 5.81. The fourth-order valence-corrected chi connectivity index (χ4v) is 3.83. The van der Waals surface area contributed by atoms with Gasteiger partial charge in [0, 0.05) is 12.5 Å². The first-order chi connectivity index (χ1) is 9.30. The van der Waals surface area contributed by atoms with Gasteiger partial charge in [-0.15, -0.1) is 0 Å². The van der Waals surface area contributed by atoms with Gasteiger partial charge in [-0.1, -0.05) is 15.9 Å². The van der Waals surface area contributed by atoms with E-state index in [-0.39, 0.29) is 5.69 Å². The second-order valence-electron chi connectivity index (χ2n) is 4.40. The van der Waals surface area contributed by atoms with Crippen LogP contribution >= 0.6 is 0 Å². The van der Waals surface area contributed by atoms with E-state index in [2.05, 4.69) is 3.77 Å². The lowest BCUT2D eigenvalue weighted by Gasteiger charge is -2.15. The maximum absolute atomic E-state index is 12.4. The van der Waals surface area contributed by atoms with Crippen molar-refractivity contribution in [2.24, 2.45) is 3.77 Å². The maximum Gasteiger partial charge on any atom is 0.418 e. The first-order valence-electron chi connectivity index (χ1n) is 5.36. The molecule has 0 aromatic heterocycles. The van der Waals surface area contributed by atoms with E-state index in [1.165, 1.54) is 6.07 Å². The second-order valence-corrected chi connectivity index (χ2v) is 8.52. The van der Waals surface area contributed by atoms with E-state index in [1.54, 1.807) is 0 Å². The molecule has 0 amide bonds. The van der Waals surface area contributed by atoms with Crippen LogP contribution in [0.4, 0.5) is 18.9 Å². The Hall–Kier alpha value is -1.33. The topological polar surface area (TPSA) is 95.8 Å². The number of anilines is 1. The van der Waals surface area contributed by atoms with Crippen LogP contribution in [-0.2, 0) is 19.9 Å². The van der Waals surface area contributed by atoms with Crippen LogP contribution in [0.3, 0.4) is 0 Å². The number of hydrogen-bond donors (Lipinski definition) is 2. The number of nitrogens with zero attached hydrogens (tertiary/aromatic N) is 1. The van der Waals surface area contributed by atoms with Crippen molar-refractivity contribution >= 4 is 25.6 Å². The van der Waals surface area contributed by atoms with Crippen molar-refractivity contribution in [3.63, 3.8) is 0 Å². The van der Waals surface area contributed by atoms with E-state index in [9.17, 15) is 25.8 Å². The first kappa shape index (κ1) is 17.7. The quantitative estimate of drug-likeness (QED) is 0.867. The minimum Gasteiger partial charge on any atom is -0.379 e. The Balaban J connectivity index is 3.11. The fourth-order valence-electron chi connectivity index (χ4n) is 1.37. The van der Waals surface area contributed by atoms with Gasteiger partial charge in [-0.2, -0.15) is 21.6 Å². The molecule has 120 valence electrons. The molecule has 21 heavy (non-hydrogen) atoms. The summed E-state index contributed by atoms with van der Waals surface area (Å²) in [5.41, 5.74) is -0.764. The number of aliphatic hydroxyl groups is 1. The summed E-state index contributed by atoms with van der Waals surface area (Å²) in [5, 5.41) is 9.09. The van der Waals surface area contributed by atoms with Crippen molar-refractivity contribution in [1.82, 2.24) is 0 Å². The van der Waals surface area contributed by atoms with Gasteiger partial charge in [-0.3, -0.25) is 4.72 Å². The maximum atomic E-state index is 12.4. The molecule has 1 rings (SSSR count). The predicted molar refractivity (Wildman–Crippen MR) is 72.4 cm³/mol. The molecule has 0 aliphatic rings. The SMILES string of the molecule is CS(C)(=O)=NS(=O)(=O)Nc1cccc(C(O)C(F)(F)F)c1. The highest BCUT2D eigenvalue weighted by Crippen LogP contribution is 2.33. The van der Waals surface area contributed by atoms with Gasteiger partial charge in [0.2, 0.25) is 0 Å². The molecule has 0 aliphatic heterocycles. The summed E-state index contributed by atoms with van der Waals surface area (Å²) in [6.07, 6.45) is -5.42. The average Bonchev–Trinajstić information content (AvgIpc) is 2.22. The van der Waals surface area contributed by atoms with E-state index < -0.39 is 37.8 Å². The molecule has 1 aromatic carbocycles. The number of halogens is 3. The average molecular weight is 346 g/mol. The van der Waals surface area contributed by atoms with Crippen molar-refractivity contribution in [3.05, 3.63) is 29.8 Å². The monoisotopic (exact) mass is 346 g/mol. The number of alkyl halides is 3. The normalized spacial score (nSPS) is 14.6. The van der Waals surface area contributed by atoms with Crippen LogP contribution in [0.2, 0.25) is 0 Å². The van der Waals surface area contributed by atoms with Gasteiger partial charge in [-0.25, -0.2) is 4.21 Å². The molecule has 1 aromatic rings. The molecule has 0 aliphatic carbocycles. The Morgan fingerprint density at radius 3 is 2.29 bits per heavy atom. The third-order valence-electron chi connectivity index (χ3n) is 2.04. The van der Waals surface area contributed by atoms with Crippen LogP contribution < -0.4 is 4.72 Å². The molecule has 0 saturated heterocycles. The molecule has 1 atom stereocenters. The van der Waals surface area contributed by atoms with E-state index in [1.807, 2.05) is 4.72 Å². The fraction of sp³-hybridized carbons (Fsp3) is 0.400. The molecule has 1 unspecified atom stereocenters. The lowest BCUT2D eigenvalue weighted by molar-refractivity contribution is -0.206. The molecule has 0 fully saturated rings. The summed E-state index contributed by atoms with van der Waals surface area (Å²) >= 11 is 0.